The average Bonchev–Trinajstić information content (AvgIpc) is 3.01. The van der Waals surface area contributed by atoms with Gasteiger partial charge in [0.05, 0.1) is 0 Å². The SMILES string of the molecule is O=C(O)[C@@H](O)CCNC(=O)N1CCN(C2CCCC2)CC1. The highest BCUT2D eigenvalue weighted by Crippen LogP contribution is 2.24. The summed E-state index contributed by atoms with van der Waals surface area (Å²) < 4.78 is 0. The van der Waals surface area contributed by atoms with Crippen LogP contribution in [-0.4, -0.2) is 76.9 Å². The Balaban J connectivity index is 1.64. The van der Waals surface area contributed by atoms with Crippen molar-refractivity contribution in [2.75, 3.05) is 32.7 Å². The van der Waals surface area contributed by atoms with Crippen molar-refractivity contribution in [3.05, 3.63) is 0 Å². The highest BCUT2D eigenvalue weighted by Gasteiger charge is 2.27. The van der Waals surface area contributed by atoms with Gasteiger partial charge in [0, 0.05) is 45.2 Å². The number of piperazine rings is 1. The molecule has 1 atom stereocenters. The Morgan fingerprint density at radius 1 is 1.14 bits per heavy atom. The third kappa shape index (κ3) is 4.57. The molecule has 3 N–H and O–H groups in total. The van der Waals surface area contributed by atoms with Crippen LogP contribution in [0.15, 0.2) is 0 Å². The standard InChI is InChI=1S/C14H25N3O4/c18-12(13(19)20)5-6-15-14(21)17-9-7-16(8-10-17)11-3-1-2-4-11/h11-12,18H,1-10H2,(H,15,21)(H,19,20)/t12-/m0/s1. The molecule has 120 valence electrons. The van der Waals surface area contributed by atoms with E-state index in [9.17, 15) is 9.59 Å². The Kier molecular flexibility index (Phi) is 5.81. The molecule has 0 unspecified atom stereocenters. The van der Waals surface area contributed by atoms with Crippen LogP contribution in [0.3, 0.4) is 0 Å². The van der Waals surface area contributed by atoms with Crippen molar-refractivity contribution in [2.24, 2.45) is 0 Å². The molecule has 7 heteroatoms. The topological polar surface area (TPSA) is 93.1 Å². The highest BCUT2D eigenvalue weighted by molar-refractivity contribution is 5.74. The van der Waals surface area contributed by atoms with E-state index in [0.29, 0.717) is 19.1 Å². The number of urea groups is 1. The summed E-state index contributed by atoms with van der Waals surface area (Å²) >= 11 is 0. The van der Waals surface area contributed by atoms with Gasteiger partial charge in [-0.15, -0.1) is 0 Å². The Morgan fingerprint density at radius 2 is 1.76 bits per heavy atom. The van der Waals surface area contributed by atoms with Gasteiger partial charge in [0.15, 0.2) is 6.10 Å². The van der Waals surface area contributed by atoms with E-state index in [1.807, 2.05) is 0 Å². The number of carboxylic acids is 1. The molecule has 0 bridgehead atoms. The number of nitrogens with zero attached hydrogens (tertiary/aromatic N) is 2. The molecule has 7 nitrogen and oxygen atoms in total. The van der Waals surface area contributed by atoms with Gasteiger partial charge in [-0.2, -0.15) is 0 Å². The number of nitrogens with one attached hydrogen (secondary N) is 1. The molecular formula is C14H25N3O4. The maximum absolute atomic E-state index is 11.9. The molecule has 1 saturated heterocycles. The number of aliphatic hydroxyl groups excluding tert-OH is 1. The lowest BCUT2D eigenvalue weighted by Gasteiger charge is -2.38. The molecular weight excluding hydrogens is 274 g/mol. The van der Waals surface area contributed by atoms with Crippen molar-refractivity contribution >= 4 is 12.0 Å². The van der Waals surface area contributed by atoms with E-state index in [0.717, 1.165) is 13.1 Å². The van der Waals surface area contributed by atoms with Crippen LogP contribution in [0.4, 0.5) is 4.79 Å². The minimum atomic E-state index is -1.41. The van der Waals surface area contributed by atoms with E-state index in [-0.39, 0.29) is 19.0 Å². The summed E-state index contributed by atoms with van der Waals surface area (Å²) in [6, 6.07) is 0.527. The van der Waals surface area contributed by atoms with E-state index < -0.39 is 12.1 Å². The van der Waals surface area contributed by atoms with E-state index in [4.69, 9.17) is 10.2 Å². The summed E-state index contributed by atoms with van der Waals surface area (Å²) in [4.78, 5) is 26.6. The predicted octanol–water partition coefficient (Wildman–Crippen LogP) is 0.0918. The summed E-state index contributed by atoms with van der Waals surface area (Å²) in [5.41, 5.74) is 0. The van der Waals surface area contributed by atoms with Gasteiger partial charge in [0.2, 0.25) is 0 Å². The Morgan fingerprint density at radius 3 is 2.33 bits per heavy atom. The first-order valence-corrected chi connectivity index (χ1v) is 7.75. The molecule has 0 aromatic heterocycles. The van der Waals surface area contributed by atoms with Gasteiger partial charge in [0.25, 0.3) is 0 Å². The minimum Gasteiger partial charge on any atom is -0.479 e. The van der Waals surface area contributed by atoms with Crippen molar-refractivity contribution in [1.29, 1.82) is 0 Å². The van der Waals surface area contributed by atoms with E-state index in [1.54, 1.807) is 4.90 Å². The quantitative estimate of drug-likeness (QED) is 0.669. The fraction of sp³-hybridized carbons (Fsp3) is 0.857. The molecule has 0 aromatic carbocycles. The molecule has 0 spiro atoms. The molecule has 1 aliphatic heterocycles. The maximum atomic E-state index is 11.9. The molecule has 0 radical (unpaired) electrons. The maximum Gasteiger partial charge on any atom is 0.332 e. The Labute approximate surface area is 124 Å². The van der Waals surface area contributed by atoms with Crippen LogP contribution in [0.1, 0.15) is 32.1 Å². The van der Waals surface area contributed by atoms with Crippen LogP contribution in [0, 0.1) is 0 Å². The highest BCUT2D eigenvalue weighted by atomic mass is 16.4. The lowest BCUT2D eigenvalue weighted by atomic mass is 10.2. The van der Waals surface area contributed by atoms with E-state index in [2.05, 4.69) is 10.2 Å². The van der Waals surface area contributed by atoms with Gasteiger partial charge in [-0.1, -0.05) is 12.8 Å². The van der Waals surface area contributed by atoms with Gasteiger partial charge < -0.3 is 20.4 Å². The van der Waals surface area contributed by atoms with Gasteiger partial charge in [-0.25, -0.2) is 9.59 Å². The second kappa shape index (κ2) is 7.61. The first-order chi connectivity index (χ1) is 10.1. The van der Waals surface area contributed by atoms with Crippen LogP contribution in [-0.2, 0) is 4.79 Å². The van der Waals surface area contributed by atoms with Crippen LogP contribution in [0.2, 0.25) is 0 Å². The second-order valence-electron chi connectivity index (χ2n) is 5.84. The van der Waals surface area contributed by atoms with Crippen molar-refractivity contribution in [2.45, 2.75) is 44.2 Å². The van der Waals surface area contributed by atoms with Crippen molar-refractivity contribution in [3.8, 4) is 0 Å². The lowest BCUT2D eigenvalue weighted by Crippen LogP contribution is -2.54. The summed E-state index contributed by atoms with van der Waals surface area (Å²) in [6.07, 6.45) is 3.81. The number of carbonyl (C=O) groups excluding carboxylic acids is 1. The van der Waals surface area contributed by atoms with Crippen molar-refractivity contribution < 1.29 is 19.8 Å². The molecule has 2 rings (SSSR count). The number of amides is 2. The number of aliphatic carboxylic acids is 1. The lowest BCUT2D eigenvalue weighted by molar-refractivity contribution is -0.146. The molecule has 0 aromatic rings. The molecule has 2 fully saturated rings. The fourth-order valence-corrected chi connectivity index (χ4v) is 3.11. The van der Waals surface area contributed by atoms with E-state index >= 15 is 0 Å². The molecule has 2 amide bonds. The van der Waals surface area contributed by atoms with Crippen LogP contribution in [0.5, 0.6) is 0 Å². The Hall–Kier alpha value is -1.34. The molecule has 1 saturated carbocycles. The predicted molar refractivity (Wildman–Crippen MR) is 77.1 cm³/mol. The largest absolute Gasteiger partial charge is 0.479 e. The van der Waals surface area contributed by atoms with E-state index in [1.165, 1.54) is 25.7 Å². The third-order valence-electron chi connectivity index (χ3n) is 4.42. The smallest absolute Gasteiger partial charge is 0.332 e. The van der Waals surface area contributed by atoms with Gasteiger partial charge in [-0.05, 0) is 12.8 Å². The number of hydrogen-bond donors (Lipinski definition) is 3. The van der Waals surface area contributed by atoms with Crippen LogP contribution < -0.4 is 5.32 Å². The van der Waals surface area contributed by atoms with Gasteiger partial charge in [-0.3, -0.25) is 4.90 Å². The van der Waals surface area contributed by atoms with Crippen molar-refractivity contribution in [1.82, 2.24) is 15.1 Å². The number of rotatable bonds is 5. The molecule has 1 aliphatic carbocycles. The monoisotopic (exact) mass is 299 g/mol. The summed E-state index contributed by atoms with van der Waals surface area (Å²) in [6.45, 7) is 3.43. The first-order valence-electron chi connectivity index (χ1n) is 7.75. The second-order valence-corrected chi connectivity index (χ2v) is 5.84. The zero-order valence-electron chi connectivity index (χ0n) is 12.3. The molecule has 1 heterocycles. The number of hydrogen-bond acceptors (Lipinski definition) is 4. The summed E-state index contributed by atoms with van der Waals surface area (Å²) in [5, 5.41) is 20.4. The van der Waals surface area contributed by atoms with Gasteiger partial charge >= 0.3 is 12.0 Å². The number of aliphatic hydroxyl groups is 1. The normalized spacial score (nSPS) is 22.2. The average molecular weight is 299 g/mol. The van der Waals surface area contributed by atoms with Gasteiger partial charge in [0.1, 0.15) is 0 Å². The third-order valence-corrected chi connectivity index (χ3v) is 4.42. The zero-order chi connectivity index (χ0) is 15.2. The molecule has 21 heavy (non-hydrogen) atoms. The Bertz CT molecular complexity index is 363. The van der Waals surface area contributed by atoms with Crippen LogP contribution >= 0.6 is 0 Å². The molecule has 2 aliphatic rings. The zero-order valence-corrected chi connectivity index (χ0v) is 12.3. The number of carbonyl (C=O) groups is 2. The summed E-state index contributed by atoms with van der Waals surface area (Å²) in [5.74, 6) is -1.26. The fourth-order valence-electron chi connectivity index (χ4n) is 3.11. The summed E-state index contributed by atoms with van der Waals surface area (Å²) in [7, 11) is 0. The van der Waals surface area contributed by atoms with Crippen LogP contribution in [0.25, 0.3) is 0 Å². The first kappa shape index (κ1) is 16.0. The minimum absolute atomic E-state index is 0.0309. The number of carboxylic acid groups (broad SMARTS) is 1. The van der Waals surface area contributed by atoms with Crippen molar-refractivity contribution in [3.63, 3.8) is 0 Å².